The van der Waals surface area contributed by atoms with Gasteiger partial charge in [0.1, 0.15) is 11.4 Å². The number of methoxy groups -OCH3 is 1. The monoisotopic (exact) mass is 663 g/mol. The molecule has 13 heteroatoms. The Morgan fingerprint density at radius 1 is 1.06 bits per heavy atom. The molecule has 6 rings (SSSR count). The second kappa shape index (κ2) is 13.0. The van der Waals surface area contributed by atoms with Gasteiger partial charge in [0.25, 0.3) is 17.7 Å². The standard InChI is InChI=1S/C34H36ClF2N7O3/c1-19-22(23-8-6-10-25(30(23)35)42-33(46)31-40-27-18-43(2)12-11-28(27)44(31)3)7-5-9-24(19)41-32(45)26-13-29(47-4)20(17-39-26)16-38-21-14-34(36,37)15-21/h5-10,13,17,21,38H,11-12,14-16,18H2,1-4H3,(H,41,45)(H,42,46). The van der Waals surface area contributed by atoms with Gasteiger partial charge in [0, 0.05) is 86.8 Å². The van der Waals surface area contributed by atoms with Gasteiger partial charge in [0.15, 0.2) is 5.82 Å². The number of nitrogens with one attached hydrogen (secondary N) is 3. The van der Waals surface area contributed by atoms with E-state index >= 15 is 0 Å². The van der Waals surface area contributed by atoms with E-state index in [0.717, 1.165) is 35.5 Å². The average molecular weight is 664 g/mol. The summed E-state index contributed by atoms with van der Waals surface area (Å²) in [5.41, 5.74) is 5.97. The van der Waals surface area contributed by atoms with E-state index in [2.05, 4.69) is 30.8 Å². The van der Waals surface area contributed by atoms with Crippen LogP contribution in [0.1, 0.15) is 56.5 Å². The van der Waals surface area contributed by atoms with E-state index in [0.29, 0.717) is 52.2 Å². The number of anilines is 2. The highest BCUT2D eigenvalue weighted by atomic mass is 35.5. The van der Waals surface area contributed by atoms with Crippen LogP contribution in [0.5, 0.6) is 5.75 Å². The second-order valence-electron chi connectivity index (χ2n) is 12.2. The molecule has 1 saturated carbocycles. The van der Waals surface area contributed by atoms with Gasteiger partial charge in [-0.2, -0.15) is 0 Å². The van der Waals surface area contributed by atoms with Gasteiger partial charge in [0.05, 0.1) is 23.5 Å². The van der Waals surface area contributed by atoms with Crippen LogP contribution < -0.4 is 20.7 Å². The number of ether oxygens (including phenoxy) is 1. The summed E-state index contributed by atoms with van der Waals surface area (Å²) in [5, 5.41) is 9.29. The molecule has 2 amide bonds. The lowest BCUT2D eigenvalue weighted by molar-refractivity contribution is -0.0930. The van der Waals surface area contributed by atoms with E-state index in [4.69, 9.17) is 16.3 Å². The quantitative estimate of drug-likeness (QED) is 0.207. The average Bonchev–Trinajstić information content (AvgIpc) is 3.36. The molecule has 1 aliphatic heterocycles. The van der Waals surface area contributed by atoms with Gasteiger partial charge in [-0.1, -0.05) is 35.9 Å². The van der Waals surface area contributed by atoms with Crippen LogP contribution in [-0.4, -0.2) is 63.9 Å². The summed E-state index contributed by atoms with van der Waals surface area (Å²) < 4.78 is 33.7. The Balaban J connectivity index is 1.17. The lowest BCUT2D eigenvalue weighted by atomic mass is 9.88. The van der Waals surface area contributed by atoms with Gasteiger partial charge in [-0.3, -0.25) is 14.6 Å². The number of carbonyl (C=O) groups excluding carboxylic acids is 2. The molecule has 0 spiro atoms. The van der Waals surface area contributed by atoms with Gasteiger partial charge in [-0.15, -0.1) is 0 Å². The van der Waals surface area contributed by atoms with Crippen molar-refractivity contribution < 1.29 is 23.1 Å². The molecule has 0 radical (unpaired) electrons. The number of rotatable bonds is 9. The van der Waals surface area contributed by atoms with Crippen LogP contribution >= 0.6 is 11.6 Å². The number of carbonyl (C=O) groups is 2. The first-order valence-electron chi connectivity index (χ1n) is 15.3. The highest BCUT2D eigenvalue weighted by Crippen LogP contribution is 2.39. The predicted octanol–water partition coefficient (Wildman–Crippen LogP) is 5.83. The third-order valence-corrected chi connectivity index (χ3v) is 9.24. The number of alkyl halides is 2. The number of amides is 2. The third-order valence-electron chi connectivity index (χ3n) is 8.84. The zero-order valence-electron chi connectivity index (χ0n) is 26.6. The van der Waals surface area contributed by atoms with Gasteiger partial charge in [-0.05, 0) is 37.2 Å². The Labute approximate surface area is 276 Å². The molecule has 0 unspecified atom stereocenters. The molecule has 0 saturated heterocycles. The Morgan fingerprint density at radius 3 is 2.49 bits per heavy atom. The minimum Gasteiger partial charge on any atom is -0.496 e. The molecule has 10 nitrogen and oxygen atoms in total. The van der Waals surface area contributed by atoms with E-state index < -0.39 is 11.8 Å². The second-order valence-corrected chi connectivity index (χ2v) is 12.5. The SMILES string of the molecule is COc1cc(C(=O)Nc2cccc(-c3cccc(NC(=O)c4nc5c(n4C)CCN(C)C5)c3Cl)c2C)ncc1CNC1CC(F)(F)C1. The highest BCUT2D eigenvalue weighted by Gasteiger charge is 2.45. The van der Waals surface area contributed by atoms with Crippen LogP contribution in [0.4, 0.5) is 20.2 Å². The molecule has 2 aromatic carbocycles. The van der Waals surface area contributed by atoms with Crippen LogP contribution in [0.3, 0.4) is 0 Å². The van der Waals surface area contributed by atoms with Gasteiger partial charge in [-0.25, -0.2) is 13.8 Å². The first-order chi connectivity index (χ1) is 22.4. The molecular weight excluding hydrogens is 628 g/mol. The Kier molecular flexibility index (Phi) is 9.01. The molecule has 246 valence electrons. The van der Waals surface area contributed by atoms with Crippen LogP contribution in [-0.2, 0) is 26.6 Å². The van der Waals surface area contributed by atoms with Crippen molar-refractivity contribution in [1.29, 1.82) is 0 Å². The summed E-state index contributed by atoms with van der Waals surface area (Å²) in [6.45, 7) is 3.76. The normalized spacial score (nSPS) is 15.9. The number of hydrogen-bond acceptors (Lipinski definition) is 7. The highest BCUT2D eigenvalue weighted by molar-refractivity contribution is 6.36. The summed E-state index contributed by atoms with van der Waals surface area (Å²) in [4.78, 5) is 37.7. The maximum absolute atomic E-state index is 13.3. The predicted molar refractivity (Wildman–Crippen MR) is 176 cm³/mol. The van der Waals surface area contributed by atoms with E-state index in [-0.39, 0.29) is 30.5 Å². The molecule has 2 aliphatic rings. The van der Waals surface area contributed by atoms with Crippen molar-refractivity contribution in [3.63, 3.8) is 0 Å². The lowest BCUT2D eigenvalue weighted by Crippen LogP contribution is -2.48. The molecular formula is C34H36ClF2N7O3. The van der Waals surface area contributed by atoms with Gasteiger partial charge < -0.3 is 30.2 Å². The molecule has 1 aliphatic carbocycles. The number of fused-ring (bicyclic) bond motifs is 1. The summed E-state index contributed by atoms with van der Waals surface area (Å²) in [5.74, 6) is -2.66. The van der Waals surface area contributed by atoms with Crippen molar-refractivity contribution in [2.75, 3.05) is 31.3 Å². The van der Waals surface area contributed by atoms with Crippen molar-refractivity contribution in [1.82, 2.24) is 24.8 Å². The Morgan fingerprint density at radius 2 is 1.77 bits per heavy atom. The fourth-order valence-electron chi connectivity index (χ4n) is 6.10. The van der Waals surface area contributed by atoms with Crippen LogP contribution in [0.25, 0.3) is 11.1 Å². The van der Waals surface area contributed by atoms with Gasteiger partial charge >= 0.3 is 0 Å². The molecule has 1 fully saturated rings. The topological polar surface area (TPSA) is 113 Å². The fourth-order valence-corrected chi connectivity index (χ4v) is 6.37. The zero-order chi connectivity index (χ0) is 33.5. The molecule has 0 bridgehead atoms. The number of hydrogen-bond donors (Lipinski definition) is 3. The number of aromatic nitrogens is 3. The number of imidazole rings is 1. The van der Waals surface area contributed by atoms with Crippen molar-refractivity contribution in [3.05, 3.63) is 87.7 Å². The van der Waals surface area contributed by atoms with Crippen LogP contribution in [0.15, 0.2) is 48.7 Å². The first-order valence-corrected chi connectivity index (χ1v) is 15.7. The Hall–Kier alpha value is -4.39. The number of likely N-dealkylation sites (N-methyl/N-ethyl adjacent to an activating group) is 1. The molecule has 3 heterocycles. The molecule has 4 aromatic rings. The van der Waals surface area contributed by atoms with Crippen LogP contribution in [0, 0.1) is 6.92 Å². The summed E-state index contributed by atoms with van der Waals surface area (Å²) in [6.07, 6.45) is 1.94. The van der Waals surface area contributed by atoms with E-state index in [1.54, 1.807) is 12.1 Å². The van der Waals surface area contributed by atoms with Crippen LogP contribution in [0.2, 0.25) is 5.02 Å². The van der Waals surface area contributed by atoms with Crippen molar-refractivity contribution in [3.8, 4) is 16.9 Å². The molecule has 0 atom stereocenters. The third kappa shape index (κ3) is 6.71. The van der Waals surface area contributed by atoms with Crippen molar-refractivity contribution >= 4 is 34.8 Å². The smallest absolute Gasteiger partial charge is 0.291 e. The molecule has 3 N–H and O–H groups in total. The molecule has 2 aromatic heterocycles. The fraction of sp³-hybridized carbons (Fsp3) is 0.353. The van der Waals surface area contributed by atoms with Gasteiger partial charge in [0.2, 0.25) is 0 Å². The minimum absolute atomic E-state index is 0.135. The maximum atomic E-state index is 13.3. The number of nitrogens with zero attached hydrogens (tertiary/aromatic N) is 4. The number of pyridine rings is 1. The summed E-state index contributed by atoms with van der Waals surface area (Å²) in [6, 6.07) is 12.1. The van der Waals surface area contributed by atoms with E-state index in [9.17, 15) is 18.4 Å². The largest absolute Gasteiger partial charge is 0.496 e. The molecule has 47 heavy (non-hydrogen) atoms. The van der Waals surface area contributed by atoms with E-state index in [1.165, 1.54) is 19.4 Å². The lowest BCUT2D eigenvalue weighted by Gasteiger charge is -2.35. The minimum atomic E-state index is -2.61. The summed E-state index contributed by atoms with van der Waals surface area (Å²) >= 11 is 6.88. The number of halogens is 3. The Bertz CT molecular complexity index is 1850. The number of benzene rings is 2. The van der Waals surface area contributed by atoms with E-state index in [1.807, 2.05) is 49.9 Å². The first kappa shape index (κ1) is 32.5. The summed E-state index contributed by atoms with van der Waals surface area (Å²) in [7, 11) is 5.36. The zero-order valence-corrected chi connectivity index (χ0v) is 27.3. The van der Waals surface area contributed by atoms with Crippen molar-refractivity contribution in [2.24, 2.45) is 7.05 Å². The maximum Gasteiger partial charge on any atom is 0.291 e. The van der Waals surface area contributed by atoms with Crippen molar-refractivity contribution in [2.45, 2.75) is 51.2 Å².